The topological polar surface area (TPSA) is 38.8 Å². The van der Waals surface area contributed by atoms with E-state index in [9.17, 15) is 4.79 Å². The maximum Gasteiger partial charge on any atom is 0.344 e. The minimum Gasteiger partial charge on any atom is -0.482 e. The summed E-state index contributed by atoms with van der Waals surface area (Å²) in [5, 5.41) is 0.632. The number of hydrogen-bond donors (Lipinski definition) is 0. The molecule has 0 saturated heterocycles. The third kappa shape index (κ3) is 6.26. The Morgan fingerprint density at radius 3 is 2.40 bits per heavy atom. The van der Waals surface area contributed by atoms with Gasteiger partial charge in [0.25, 0.3) is 0 Å². The van der Waals surface area contributed by atoms with Gasteiger partial charge in [0.15, 0.2) is 6.61 Å². The highest BCUT2D eigenvalue weighted by Gasteiger charge is 2.12. The third-order valence-corrected chi connectivity index (χ3v) is 3.16. The van der Waals surface area contributed by atoms with Gasteiger partial charge in [0.05, 0.1) is 0 Å². The van der Waals surface area contributed by atoms with Crippen LogP contribution in [-0.2, 0) is 9.53 Å². The highest BCUT2D eigenvalue weighted by molar-refractivity contribution is 6.30. The van der Waals surface area contributed by atoms with Crippen molar-refractivity contribution >= 4 is 17.6 Å². The number of halogens is 1. The number of hydrogen-bond acceptors (Lipinski definition) is 4. The van der Waals surface area contributed by atoms with Crippen LogP contribution in [0.5, 0.6) is 5.75 Å². The Morgan fingerprint density at radius 1 is 1.25 bits per heavy atom. The summed E-state index contributed by atoms with van der Waals surface area (Å²) in [5.41, 5.74) is 0. The van der Waals surface area contributed by atoms with Gasteiger partial charge in [0, 0.05) is 11.6 Å². The van der Waals surface area contributed by atoms with Crippen LogP contribution < -0.4 is 4.74 Å². The van der Waals surface area contributed by atoms with E-state index in [1.807, 2.05) is 6.92 Å². The van der Waals surface area contributed by atoms with Crippen molar-refractivity contribution in [2.45, 2.75) is 26.9 Å². The van der Waals surface area contributed by atoms with Crippen molar-refractivity contribution in [3.63, 3.8) is 0 Å². The average Bonchev–Trinajstić information content (AvgIpc) is 2.44. The van der Waals surface area contributed by atoms with Gasteiger partial charge in [0.2, 0.25) is 0 Å². The smallest absolute Gasteiger partial charge is 0.344 e. The Morgan fingerprint density at radius 2 is 1.85 bits per heavy atom. The summed E-state index contributed by atoms with van der Waals surface area (Å²) in [6.45, 7) is 8.59. The molecule has 20 heavy (non-hydrogen) atoms. The zero-order valence-electron chi connectivity index (χ0n) is 12.3. The van der Waals surface area contributed by atoms with Gasteiger partial charge in [-0.3, -0.25) is 0 Å². The van der Waals surface area contributed by atoms with Crippen molar-refractivity contribution in [2.75, 3.05) is 26.2 Å². The molecule has 5 heteroatoms. The Hall–Kier alpha value is -1.26. The second-order valence-electron chi connectivity index (χ2n) is 4.53. The van der Waals surface area contributed by atoms with Crippen molar-refractivity contribution < 1.29 is 14.3 Å². The highest BCUT2D eigenvalue weighted by atomic mass is 35.5. The largest absolute Gasteiger partial charge is 0.482 e. The van der Waals surface area contributed by atoms with Crippen LogP contribution in [0.15, 0.2) is 24.3 Å². The van der Waals surface area contributed by atoms with Crippen molar-refractivity contribution in [1.29, 1.82) is 0 Å². The molecule has 0 amide bonds. The Bertz CT molecular complexity index is 404. The molecule has 0 spiro atoms. The Balaban J connectivity index is 2.30. The third-order valence-electron chi connectivity index (χ3n) is 2.91. The van der Waals surface area contributed by atoms with E-state index in [0.717, 1.165) is 19.6 Å². The van der Waals surface area contributed by atoms with Gasteiger partial charge in [-0.05, 0) is 44.3 Å². The van der Waals surface area contributed by atoms with Gasteiger partial charge < -0.3 is 14.4 Å². The van der Waals surface area contributed by atoms with Gasteiger partial charge in [-0.25, -0.2) is 4.79 Å². The quantitative estimate of drug-likeness (QED) is 0.692. The molecule has 4 nitrogen and oxygen atoms in total. The number of nitrogens with zero attached hydrogens (tertiary/aromatic N) is 1. The zero-order chi connectivity index (χ0) is 15.0. The first-order chi connectivity index (χ1) is 9.55. The lowest BCUT2D eigenvalue weighted by atomic mass is 10.3. The number of rotatable bonds is 8. The van der Waals surface area contributed by atoms with Gasteiger partial charge in [0.1, 0.15) is 11.9 Å². The number of carbonyl (C=O) groups is 1. The maximum atomic E-state index is 11.7. The van der Waals surface area contributed by atoms with Crippen molar-refractivity contribution in [3.05, 3.63) is 29.3 Å². The monoisotopic (exact) mass is 299 g/mol. The fraction of sp³-hybridized carbons (Fsp3) is 0.533. The minimum atomic E-state index is -0.361. The lowest BCUT2D eigenvalue weighted by Gasteiger charge is -2.22. The van der Waals surface area contributed by atoms with E-state index < -0.39 is 0 Å². The summed E-state index contributed by atoms with van der Waals surface area (Å²) in [6, 6.07) is 6.86. The van der Waals surface area contributed by atoms with Gasteiger partial charge >= 0.3 is 5.97 Å². The minimum absolute atomic E-state index is 0.0930. The number of carbonyl (C=O) groups excluding carboxylic acids is 1. The van der Waals surface area contributed by atoms with Crippen molar-refractivity contribution in [1.82, 2.24) is 4.90 Å². The normalized spacial score (nSPS) is 12.2. The molecule has 1 aromatic rings. The predicted molar refractivity (Wildman–Crippen MR) is 80.3 cm³/mol. The molecule has 0 aliphatic rings. The number of ether oxygens (including phenoxy) is 2. The van der Waals surface area contributed by atoms with E-state index in [4.69, 9.17) is 21.1 Å². The first-order valence-electron chi connectivity index (χ1n) is 6.85. The lowest BCUT2D eigenvalue weighted by molar-refractivity contribution is -0.151. The molecule has 0 aliphatic heterocycles. The molecule has 1 aromatic carbocycles. The maximum absolute atomic E-state index is 11.7. The molecule has 0 N–H and O–H groups in total. The summed E-state index contributed by atoms with van der Waals surface area (Å²) in [4.78, 5) is 13.9. The summed E-state index contributed by atoms with van der Waals surface area (Å²) < 4.78 is 10.6. The van der Waals surface area contributed by atoms with E-state index in [1.165, 1.54) is 0 Å². The fourth-order valence-corrected chi connectivity index (χ4v) is 1.94. The van der Waals surface area contributed by atoms with E-state index in [0.29, 0.717) is 10.8 Å². The van der Waals surface area contributed by atoms with Crippen LogP contribution in [0, 0.1) is 0 Å². The van der Waals surface area contributed by atoms with E-state index in [2.05, 4.69) is 18.7 Å². The first-order valence-corrected chi connectivity index (χ1v) is 7.23. The predicted octanol–water partition coefficient (Wildman–Crippen LogP) is 2.99. The highest BCUT2D eigenvalue weighted by Crippen LogP contribution is 2.15. The molecule has 112 valence electrons. The summed E-state index contributed by atoms with van der Waals surface area (Å²) >= 11 is 5.77. The Labute approximate surface area is 125 Å². The van der Waals surface area contributed by atoms with E-state index in [1.54, 1.807) is 24.3 Å². The van der Waals surface area contributed by atoms with Crippen LogP contribution in [0.1, 0.15) is 20.8 Å². The summed E-state index contributed by atoms with van der Waals surface area (Å²) in [6.07, 6.45) is -0.142. The number of likely N-dealkylation sites (N-methyl/N-ethyl adjacent to an activating group) is 1. The molecule has 0 saturated carbocycles. The molecular formula is C15H22ClNO3. The Kier molecular flexibility index (Phi) is 7.41. The summed E-state index contributed by atoms with van der Waals surface area (Å²) in [5.74, 6) is 0.238. The van der Waals surface area contributed by atoms with E-state index >= 15 is 0 Å². The van der Waals surface area contributed by atoms with Crippen LogP contribution in [-0.4, -0.2) is 43.2 Å². The van der Waals surface area contributed by atoms with Gasteiger partial charge in [-0.2, -0.15) is 0 Å². The summed E-state index contributed by atoms with van der Waals surface area (Å²) in [7, 11) is 0. The van der Waals surface area contributed by atoms with Crippen LogP contribution in [0.2, 0.25) is 5.02 Å². The SMILES string of the molecule is CCN(CC)CC(C)OC(=O)COc1ccc(Cl)cc1. The average molecular weight is 300 g/mol. The standard InChI is InChI=1S/C15H22ClNO3/c1-4-17(5-2)10-12(3)20-15(18)11-19-14-8-6-13(16)7-9-14/h6-9,12H,4-5,10-11H2,1-3H3. The molecule has 0 heterocycles. The second-order valence-corrected chi connectivity index (χ2v) is 4.97. The molecule has 0 bridgehead atoms. The zero-order valence-corrected chi connectivity index (χ0v) is 13.0. The lowest BCUT2D eigenvalue weighted by Crippen LogP contribution is -2.34. The van der Waals surface area contributed by atoms with Crippen molar-refractivity contribution in [2.24, 2.45) is 0 Å². The second kappa shape index (κ2) is 8.82. The molecule has 1 atom stereocenters. The first kappa shape index (κ1) is 16.8. The molecular weight excluding hydrogens is 278 g/mol. The van der Waals surface area contributed by atoms with Gasteiger partial charge in [-0.1, -0.05) is 25.4 Å². The molecule has 0 radical (unpaired) electrons. The van der Waals surface area contributed by atoms with Gasteiger partial charge in [-0.15, -0.1) is 0 Å². The van der Waals surface area contributed by atoms with Crippen LogP contribution in [0.25, 0.3) is 0 Å². The van der Waals surface area contributed by atoms with E-state index in [-0.39, 0.29) is 18.7 Å². The van der Waals surface area contributed by atoms with Crippen LogP contribution in [0.4, 0.5) is 0 Å². The van der Waals surface area contributed by atoms with Crippen molar-refractivity contribution in [3.8, 4) is 5.75 Å². The molecule has 0 aromatic heterocycles. The molecule has 0 aliphatic carbocycles. The number of benzene rings is 1. The number of esters is 1. The molecule has 1 unspecified atom stereocenters. The molecule has 0 fully saturated rings. The van der Waals surface area contributed by atoms with Crippen LogP contribution in [0.3, 0.4) is 0 Å². The van der Waals surface area contributed by atoms with Crippen LogP contribution >= 0.6 is 11.6 Å². The fourth-order valence-electron chi connectivity index (χ4n) is 1.81. The molecule has 1 rings (SSSR count).